The van der Waals surface area contributed by atoms with E-state index in [1.165, 1.54) is 7.05 Å². The summed E-state index contributed by atoms with van der Waals surface area (Å²) in [6.07, 6.45) is -5.49. The molecule has 0 fully saturated rings. The zero-order valence-corrected chi connectivity index (χ0v) is 11.1. The zero-order chi connectivity index (χ0) is 16.5. The second-order valence-electron chi connectivity index (χ2n) is 4.40. The first kappa shape index (κ1) is 15.9. The maximum Gasteiger partial charge on any atom is 0.429 e. The van der Waals surface area contributed by atoms with Gasteiger partial charge in [0.1, 0.15) is 0 Å². The van der Waals surface area contributed by atoms with E-state index in [0.717, 1.165) is 23.1 Å². The van der Waals surface area contributed by atoms with Crippen molar-refractivity contribution in [3.8, 4) is 0 Å². The number of nitrogens with zero attached hydrogens (tertiary/aromatic N) is 2. The molecule has 1 aromatic carbocycles. The minimum absolute atomic E-state index is 0.383. The average Bonchev–Trinajstić information content (AvgIpc) is 2.83. The van der Waals surface area contributed by atoms with Gasteiger partial charge in [-0.25, -0.2) is 13.6 Å². The molecule has 1 atom stereocenters. The van der Waals surface area contributed by atoms with E-state index < -0.39 is 35.4 Å². The van der Waals surface area contributed by atoms with Crippen molar-refractivity contribution < 1.29 is 31.5 Å². The molecule has 22 heavy (non-hydrogen) atoms. The molecule has 0 aliphatic heterocycles. The predicted molar refractivity (Wildman–Crippen MR) is 63.8 cm³/mol. The van der Waals surface area contributed by atoms with E-state index in [1.54, 1.807) is 0 Å². The van der Waals surface area contributed by atoms with Crippen molar-refractivity contribution in [3.05, 3.63) is 53.4 Å². The number of esters is 1. The lowest BCUT2D eigenvalue weighted by atomic mass is 10.2. The minimum Gasteiger partial charge on any atom is -0.444 e. The van der Waals surface area contributed by atoms with Gasteiger partial charge in [-0.3, -0.25) is 4.68 Å². The van der Waals surface area contributed by atoms with E-state index in [9.17, 15) is 26.7 Å². The van der Waals surface area contributed by atoms with Gasteiger partial charge in [0.15, 0.2) is 11.6 Å². The molecule has 0 aliphatic carbocycles. The number of rotatable bonds is 3. The van der Waals surface area contributed by atoms with E-state index >= 15 is 0 Å². The van der Waals surface area contributed by atoms with Crippen molar-refractivity contribution in [2.45, 2.75) is 12.3 Å². The number of hydrogen-bond acceptors (Lipinski definition) is 3. The van der Waals surface area contributed by atoms with Crippen LogP contribution < -0.4 is 0 Å². The minimum atomic E-state index is -4.88. The number of carbonyl (C=O) groups is 1. The summed E-state index contributed by atoms with van der Waals surface area (Å²) >= 11 is 0. The van der Waals surface area contributed by atoms with Crippen LogP contribution in [0.4, 0.5) is 22.0 Å². The largest absolute Gasteiger partial charge is 0.444 e. The summed E-state index contributed by atoms with van der Waals surface area (Å²) in [6.45, 7) is 0. The number of ether oxygens (including phenoxy) is 1. The Kier molecular flexibility index (Phi) is 4.16. The van der Waals surface area contributed by atoms with Crippen molar-refractivity contribution >= 4 is 5.97 Å². The topological polar surface area (TPSA) is 44.1 Å². The van der Waals surface area contributed by atoms with E-state index in [4.69, 9.17) is 0 Å². The fraction of sp³-hybridized carbons (Fsp3) is 0.231. The summed E-state index contributed by atoms with van der Waals surface area (Å²) in [4.78, 5) is 11.7. The van der Waals surface area contributed by atoms with Crippen LogP contribution in [-0.2, 0) is 11.8 Å². The molecule has 0 saturated heterocycles. The molecule has 0 unspecified atom stereocenters. The summed E-state index contributed by atoms with van der Waals surface area (Å²) in [5, 5.41) is 3.57. The summed E-state index contributed by atoms with van der Waals surface area (Å²) < 4.78 is 70.2. The van der Waals surface area contributed by atoms with E-state index in [0.29, 0.717) is 12.1 Å². The van der Waals surface area contributed by atoms with Crippen LogP contribution >= 0.6 is 0 Å². The Bertz CT molecular complexity index is 696. The molecule has 0 aliphatic rings. The van der Waals surface area contributed by atoms with E-state index in [-0.39, 0.29) is 5.56 Å². The standard InChI is InChI=1S/C13H9F5N2O2/c1-20-6-8(5-19-20)11(13(16,17)18)22-12(21)7-2-3-9(14)10(15)4-7/h2-6,11H,1H3/t11-/m1/s1. The van der Waals surface area contributed by atoms with Crippen molar-refractivity contribution in [2.24, 2.45) is 7.05 Å². The lowest BCUT2D eigenvalue weighted by Crippen LogP contribution is -2.26. The van der Waals surface area contributed by atoms with Gasteiger partial charge < -0.3 is 4.74 Å². The molecule has 1 heterocycles. The molecule has 1 aromatic heterocycles. The van der Waals surface area contributed by atoms with Gasteiger partial charge in [0.25, 0.3) is 0 Å². The van der Waals surface area contributed by atoms with Crippen LogP contribution in [0.1, 0.15) is 22.0 Å². The second-order valence-corrected chi connectivity index (χ2v) is 4.40. The summed E-state index contributed by atoms with van der Waals surface area (Å²) in [6, 6.07) is 1.92. The van der Waals surface area contributed by atoms with Crippen LogP contribution in [0.25, 0.3) is 0 Å². The Morgan fingerprint density at radius 2 is 1.95 bits per heavy atom. The normalized spacial score (nSPS) is 13.0. The lowest BCUT2D eigenvalue weighted by molar-refractivity contribution is -0.207. The van der Waals surface area contributed by atoms with Gasteiger partial charge in [-0.15, -0.1) is 0 Å². The Hall–Kier alpha value is -2.45. The fourth-order valence-corrected chi connectivity index (χ4v) is 1.70. The third kappa shape index (κ3) is 3.41. The zero-order valence-electron chi connectivity index (χ0n) is 11.1. The van der Waals surface area contributed by atoms with Crippen LogP contribution in [0.3, 0.4) is 0 Å². The first-order valence-electron chi connectivity index (χ1n) is 5.90. The highest BCUT2D eigenvalue weighted by Gasteiger charge is 2.45. The van der Waals surface area contributed by atoms with Crippen LogP contribution in [0.2, 0.25) is 0 Å². The molecule has 0 saturated carbocycles. The number of aryl methyl sites for hydroxylation is 1. The van der Waals surface area contributed by atoms with Crippen molar-refractivity contribution in [1.82, 2.24) is 9.78 Å². The highest BCUT2D eigenvalue weighted by atomic mass is 19.4. The van der Waals surface area contributed by atoms with Gasteiger partial charge in [-0.05, 0) is 18.2 Å². The molecule has 2 rings (SSSR count). The summed E-state index contributed by atoms with van der Waals surface area (Å²) in [5.74, 6) is -4.01. The van der Waals surface area contributed by atoms with Gasteiger partial charge in [0.05, 0.1) is 11.8 Å². The van der Waals surface area contributed by atoms with E-state index in [2.05, 4.69) is 9.84 Å². The SMILES string of the molecule is Cn1cc([C@@H](OC(=O)c2ccc(F)c(F)c2)C(F)(F)F)cn1. The number of benzene rings is 1. The number of hydrogen-bond donors (Lipinski definition) is 0. The molecular weight excluding hydrogens is 311 g/mol. The number of aromatic nitrogens is 2. The predicted octanol–water partition coefficient (Wildman–Crippen LogP) is 3.16. The van der Waals surface area contributed by atoms with Gasteiger partial charge in [0.2, 0.25) is 6.10 Å². The highest BCUT2D eigenvalue weighted by Crippen LogP contribution is 2.36. The molecular formula is C13H9F5N2O2. The van der Waals surface area contributed by atoms with Gasteiger partial charge in [0, 0.05) is 18.8 Å². The fourth-order valence-electron chi connectivity index (χ4n) is 1.70. The van der Waals surface area contributed by atoms with Gasteiger partial charge >= 0.3 is 12.1 Å². The van der Waals surface area contributed by atoms with Crippen LogP contribution in [0.15, 0.2) is 30.6 Å². The third-order valence-electron chi connectivity index (χ3n) is 2.71. The monoisotopic (exact) mass is 320 g/mol. The van der Waals surface area contributed by atoms with Crippen molar-refractivity contribution in [1.29, 1.82) is 0 Å². The third-order valence-corrected chi connectivity index (χ3v) is 2.71. The molecule has 9 heteroatoms. The molecule has 4 nitrogen and oxygen atoms in total. The Morgan fingerprint density at radius 1 is 1.27 bits per heavy atom. The summed E-state index contributed by atoms with van der Waals surface area (Å²) in [5.41, 5.74) is -0.914. The number of alkyl halides is 3. The van der Waals surface area contributed by atoms with E-state index in [1.807, 2.05) is 0 Å². The molecule has 118 valence electrons. The molecule has 0 radical (unpaired) electrons. The molecule has 0 bridgehead atoms. The molecule has 0 amide bonds. The molecule has 2 aromatic rings. The lowest BCUT2D eigenvalue weighted by Gasteiger charge is -2.19. The van der Waals surface area contributed by atoms with Crippen LogP contribution in [0, 0.1) is 11.6 Å². The number of carbonyl (C=O) groups excluding carboxylic acids is 1. The molecule has 0 N–H and O–H groups in total. The van der Waals surface area contributed by atoms with Crippen molar-refractivity contribution in [3.63, 3.8) is 0 Å². The van der Waals surface area contributed by atoms with Gasteiger partial charge in [-0.2, -0.15) is 18.3 Å². The average molecular weight is 320 g/mol. The van der Waals surface area contributed by atoms with Crippen LogP contribution in [-0.4, -0.2) is 21.9 Å². The Balaban J connectivity index is 2.27. The summed E-state index contributed by atoms with van der Waals surface area (Å²) in [7, 11) is 1.40. The quantitative estimate of drug-likeness (QED) is 0.644. The Labute approximate surface area is 121 Å². The first-order chi connectivity index (χ1) is 10.2. The Morgan fingerprint density at radius 3 is 2.45 bits per heavy atom. The maximum absolute atomic E-state index is 13.0. The molecule has 0 spiro atoms. The second kappa shape index (κ2) is 5.74. The van der Waals surface area contributed by atoms with Gasteiger partial charge in [-0.1, -0.05) is 0 Å². The van der Waals surface area contributed by atoms with Crippen LogP contribution in [0.5, 0.6) is 0 Å². The first-order valence-corrected chi connectivity index (χ1v) is 5.90. The van der Waals surface area contributed by atoms with Crippen molar-refractivity contribution in [2.75, 3.05) is 0 Å². The smallest absolute Gasteiger partial charge is 0.429 e. The highest BCUT2D eigenvalue weighted by molar-refractivity contribution is 5.89. The maximum atomic E-state index is 13.0. The number of halogens is 5.